The van der Waals surface area contributed by atoms with Crippen LogP contribution in [-0.4, -0.2) is 45.3 Å². The fourth-order valence-corrected chi connectivity index (χ4v) is 3.43. The van der Waals surface area contributed by atoms with E-state index >= 15 is 0 Å². The van der Waals surface area contributed by atoms with Gasteiger partial charge in [0.25, 0.3) is 5.91 Å². The number of aromatic nitrogens is 2. The van der Waals surface area contributed by atoms with E-state index in [9.17, 15) is 14.4 Å². The van der Waals surface area contributed by atoms with Crippen LogP contribution in [-0.2, 0) is 16.0 Å². The molecule has 2 aromatic rings. The SMILES string of the molecule is Cc1nn(-c2ccc(C(=O)N[C@@H]3CCCNC3=O)cc2)c(C)c1CCC(=O)O. The zero-order valence-electron chi connectivity index (χ0n) is 16.0. The molecule has 1 fully saturated rings. The maximum Gasteiger partial charge on any atom is 0.303 e. The molecule has 2 heterocycles. The van der Waals surface area contributed by atoms with Crippen molar-refractivity contribution in [2.24, 2.45) is 0 Å². The number of hydrogen-bond donors (Lipinski definition) is 3. The van der Waals surface area contributed by atoms with Gasteiger partial charge in [0.1, 0.15) is 6.04 Å². The van der Waals surface area contributed by atoms with Crippen molar-refractivity contribution in [2.45, 2.75) is 45.6 Å². The van der Waals surface area contributed by atoms with Crippen molar-refractivity contribution in [3.8, 4) is 5.69 Å². The first kappa shape index (κ1) is 19.6. The quantitative estimate of drug-likeness (QED) is 0.699. The Hall–Kier alpha value is -3.16. The Labute approximate surface area is 162 Å². The van der Waals surface area contributed by atoms with E-state index < -0.39 is 12.0 Å². The lowest BCUT2D eigenvalue weighted by Crippen LogP contribution is -2.50. The minimum Gasteiger partial charge on any atom is -0.481 e. The summed E-state index contributed by atoms with van der Waals surface area (Å²) in [5.74, 6) is -1.27. The van der Waals surface area contributed by atoms with Crippen LogP contribution in [0.3, 0.4) is 0 Å². The normalized spacial score (nSPS) is 16.5. The van der Waals surface area contributed by atoms with Gasteiger partial charge in [-0.05, 0) is 62.9 Å². The summed E-state index contributed by atoms with van der Waals surface area (Å²) in [6.07, 6.45) is 1.97. The average molecular weight is 384 g/mol. The van der Waals surface area contributed by atoms with Crippen LogP contribution >= 0.6 is 0 Å². The van der Waals surface area contributed by atoms with Crippen LogP contribution in [0.2, 0.25) is 0 Å². The Morgan fingerprint density at radius 1 is 1.29 bits per heavy atom. The maximum atomic E-state index is 12.4. The van der Waals surface area contributed by atoms with Crippen LogP contribution in [0.1, 0.15) is 46.6 Å². The molecule has 1 aliphatic rings. The number of benzene rings is 1. The molecule has 0 bridgehead atoms. The number of piperidine rings is 1. The summed E-state index contributed by atoms with van der Waals surface area (Å²) in [7, 11) is 0. The van der Waals surface area contributed by atoms with Gasteiger partial charge in [0.2, 0.25) is 5.91 Å². The number of carbonyl (C=O) groups is 3. The summed E-state index contributed by atoms with van der Waals surface area (Å²) in [6.45, 7) is 4.41. The van der Waals surface area contributed by atoms with Crippen molar-refractivity contribution in [1.29, 1.82) is 0 Å². The summed E-state index contributed by atoms with van der Waals surface area (Å²) < 4.78 is 1.75. The molecule has 28 heavy (non-hydrogen) atoms. The van der Waals surface area contributed by atoms with Gasteiger partial charge in [0.15, 0.2) is 0 Å². The molecular formula is C20H24N4O4. The van der Waals surface area contributed by atoms with Gasteiger partial charge < -0.3 is 15.7 Å². The molecule has 2 amide bonds. The fourth-order valence-electron chi connectivity index (χ4n) is 3.43. The minimum atomic E-state index is -0.839. The van der Waals surface area contributed by atoms with E-state index in [0.717, 1.165) is 29.1 Å². The van der Waals surface area contributed by atoms with Crippen molar-refractivity contribution < 1.29 is 19.5 Å². The number of nitrogens with zero attached hydrogens (tertiary/aromatic N) is 2. The van der Waals surface area contributed by atoms with Gasteiger partial charge in [0.05, 0.1) is 11.4 Å². The van der Waals surface area contributed by atoms with E-state index in [1.54, 1.807) is 28.9 Å². The van der Waals surface area contributed by atoms with E-state index in [4.69, 9.17) is 5.11 Å². The van der Waals surface area contributed by atoms with Crippen molar-refractivity contribution in [3.05, 3.63) is 46.8 Å². The van der Waals surface area contributed by atoms with E-state index in [1.807, 2.05) is 13.8 Å². The number of hydrogen-bond acceptors (Lipinski definition) is 4. The summed E-state index contributed by atoms with van der Waals surface area (Å²) in [5, 5.41) is 18.9. The molecule has 0 saturated carbocycles. The van der Waals surface area contributed by atoms with Crippen LogP contribution in [0, 0.1) is 13.8 Å². The third kappa shape index (κ3) is 4.21. The minimum absolute atomic E-state index is 0.0568. The molecule has 8 nitrogen and oxygen atoms in total. The number of amides is 2. The molecule has 1 atom stereocenters. The van der Waals surface area contributed by atoms with Crippen LogP contribution in [0.25, 0.3) is 5.69 Å². The standard InChI is InChI=1S/C20H24N4O4/c1-12-16(9-10-18(25)26)13(2)24(23-12)15-7-5-14(6-8-15)19(27)22-17-4-3-11-21-20(17)28/h5-8,17H,3-4,9-11H2,1-2H3,(H,21,28)(H,22,27)(H,25,26)/t17-/m1/s1. The van der Waals surface area contributed by atoms with Crippen molar-refractivity contribution in [1.82, 2.24) is 20.4 Å². The Bertz CT molecular complexity index is 902. The molecule has 0 aliphatic carbocycles. The van der Waals surface area contributed by atoms with E-state index in [1.165, 1.54) is 0 Å². The Morgan fingerprint density at radius 2 is 2.00 bits per heavy atom. The molecule has 3 N–H and O–H groups in total. The van der Waals surface area contributed by atoms with E-state index in [0.29, 0.717) is 24.9 Å². The second-order valence-electron chi connectivity index (χ2n) is 6.96. The smallest absolute Gasteiger partial charge is 0.303 e. The second-order valence-corrected chi connectivity index (χ2v) is 6.96. The third-order valence-corrected chi connectivity index (χ3v) is 4.99. The Morgan fingerprint density at radius 3 is 2.64 bits per heavy atom. The number of carbonyl (C=O) groups excluding carboxylic acids is 2. The maximum absolute atomic E-state index is 12.4. The first-order valence-electron chi connectivity index (χ1n) is 9.32. The fraction of sp³-hybridized carbons (Fsp3) is 0.400. The third-order valence-electron chi connectivity index (χ3n) is 4.99. The Kier molecular flexibility index (Phi) is 5.77. The Balaban J connectivity index is 1.73. The summed E-state index contributed by atoms with van der Waals surface area (Å²) in [5.41, 5.74) is 3.86. The van der Waals surface area contributed by atoms with Gasteiger partial charge in [0, 0.05) is 24.2 Å². The molecule has 1 aromatic carbocycles. The molecule has 0 spiro atoms. The van der Waals surface area contributed by atoms with Crippen LogP contribution in [0.5, 0.6) is 0 Å². The van der Waals surface area contributed by atoms with Gasteiger partial charge in [-0.2, -0.15) is 5.10 Å². The summed E-state index contributed by atoms with van der Waals surface area (Å²) in [4.78, 5) is 35.1. The number of aliphatic carboxylic acids is 1. The highest BCUT2D eigenvalue weighted by atomic mass is 16.4. The molecule has 1 saturated heterocycles. The van der Waals surface area contributed by atoms with E-state index in [-0.39, 0.29) is 18.2 Å². The predicted octanol–water partition coefficient (Wildman–Crippen LogP) is 1.51. The first-order valence-corrected chi connectivity index (χ1v) is 9.32. The summed E-state index contributed by atoms with van der Waals surface area (Å²) >= 11 is 0. The van der Waals surface area contributed by atoms with Gasteiger partial charge >= 0.3 is 5.97 Å². The highest BCUT2D eigenvalue weighted by molar-refractivity contribution is 5.97. The molecular weight excluding hydrogens is 360 g/mol. The zero-order valence-corrected chi connectivity index (χ0v) is 16.0. The molecule has 1 aliphatic heterocycles. The van der Waals surface area contributed by atoms with Gasteiger partial charge in [-0.1, -0.05) is 0 Å². The highest BCUT2D eigenvalue weighted by Crippen LogP contribution is 2.20. The van der Waals surface area contributed by atoms with Gasteiger partial charge in [-0.25, -0.2) is 4.68 Å². The summed E-state index contributed by atoms with van der Waals surface area (Å²) in [6, 6.07) is 6.47. The molecule has 148 valence electrons. The van der Waals surface area contributed by atoms with E-state index in [2.05, 4.69) is 15.7 Å². The molecule has 3 rings (SSSR count). The molecule has 1 aromatic heterocycles. The average Bonchev–Trinajstić information content (AvgIpc) is 2.95. The number of carboxylic acid groups (broad SMARTS) is 1. The zero-order chi connectivity index (χ0) is 20.3. The van der Waals surface area contributed by atoms with Gasteiger partial charge in [-0.3, -0.25) is 14.4 Å². The topological polar surface area (TPSA) is 113 Å². The van der Waals surface area contributed by atoms with Gasteiger partial charge in [-0.15, -0.1) is 0 Å². The highest BCUT2D eigenvalue weighted by Gasteiger charge is 2.24. The number of nitrogens with one attached hydrogen (secondary N) is 2. The molecule has 0 radical (unpaired) electrons. The van der Waals surface area contributed by atoms with Crippen molar-refractivity contribution >= 4 is 17.8 Å². The number of aryl methyl sites for hydroxylation is 1. The lowest BCUT2D eigenvalue weighted by atomic mass is 10.1. The van der Waals surface area contributed by atoms with Crippen LogP contribution in [0.15, 0.2) is 24.3 Å². The lowest BCUT2D eigenvalue weighted by Gasteiger charge is -2.22. The van der Waals surface area contributed by atoms with Crippen LogP contribution < -0.4 is 10.6 Å². The number of rotatable bonds is 6. The molecule has 8 heteroatoms. The molecule has 0 unspecified atom stereocenters. The van der Waals surface area contributed by atoms with Crippen molar-refractivity contribution in [3.63, 3.8) is 0 Å². The predicted molar refractivity (Wildman–Crippen MR) is 102 cm³/mol. The first-order chi connectivity index (χ1) is 13.4. The van der Waals surface area contributed by atoms with Crippen LogP contribution in [0.4, 0.5) is 0 Å². The number of carboxylic acids is 1. The lowest BCUT2D eigenvalue weighted by molar-refractivity contribution is -0.137. The largest absolute Gasteiger partial charge is 0.481 e. The van der Waals surface area contributed by atoms with Crippen molar-refractivity contribution in [2.75, 3.05) is 6.54 Å². The monoisotopic (exact) mass is 384 g/mol. The second kappa shape index (κ2) is 8.24.